The van der Waals surface area contributed by atoms with Gasteiger partial charge in [-0.25, -0.2) is 9.37 Å². The summed E-state index contributed by atoms with van der Waals surface area (Å²) >= 11 is 0. The molecule has 1 saturated heterocycles. The van der Waals surface area contributed by atoms with Crippen LogP contribution >= 0.6 is 0 Å². The number of hydrogen-bond donors (Lipinski definition) is 2. The molecule has 5 rings (SSSR count). The highest BCUT2D eigenvalue weighted by Gasteiger charge is 2.21. The van der Waals surface area contributed by atoms with E-state index in [-0.39, 0.29) is 5.75 Å². The maximum Gasteiger partial charge on any atom is 0.182 e. The quantitative estimate of drug-likeness (QED) is 0.450. The van der Waals surface area contributed by atoms with Crippen molar-refractivity contribution in [1.29, 1.82) is 0 Å². The van der Waals surface area contributed by atoms with Crippen molar-refractivity contribution in [3.63, 3.8) is 0 Å². The minimum absolute atomic E-state index is 0.385. The van der Waals surface area contributed by atoms with Crippen LogP contribution in [0.25, 0.3) is 33.5 Å². The highest BCUT2D eigenvalue weighted by atomic mass is 19.1. The Kier molecular flexibility index (Phi) is 5.83. The zero-order chi connectivity index (χ0) is 23.8. The van der Waals surface area contributed by atoms with Gasteiger partial charge in [0.05, 0.1) is 18.5 Å². The van der Waals surface area contributed by atoms with Gasteiger partial charge in [0.25, 0.3) is 0 Å². The Morgan fingerprint density at radius 3 is 2.53 bits per heavy atom. The van der Waals surface area contributed by atoms with E-state index in [0.717, 1.165) is 54.3 Å². The van der Waals surface area contributed by atoms with Crippen molar-refractivity contribution >= 4 is 16.7 Å². The summed E-state index contributed by atoms with van der Waals surface area (Å²) in [7, 11) is 1.67. The van der Waals surface area contributed by atoms with Gasteiger partial charge in [0.1, 0.15) is 5.75 Å². The molecule has 0 bridgehead atoms. The number of nitrogens with zero attached hydrogens (tertiary/aromatic N) is 4. The summed E-state index contributed by atoms with van der Waals surface area (Å²) in [5.41, 5.74) is 4.53. The largest absolute Gasteiger partial charge is 0.505 e. The standard InChI is InChI=1S/C26H28FN5O2/c1-16(2)31-10-12-32(13-11-31)18-5-6-19(24(15-18)34-3)25-20-7-8-22(28-26(20)30-29-25)17-4-9-23(33)21(27)14-17/h4-9,14-16,33H,10-13H2,1-3H3,(H,28,29,30). The molecule has 0 amide bonds. The number of methoxy groups -OCH3 is 1. The first-order valence-corrected chi connectivity index (χ1v) is 11.5. The topological polar surface area (TPSA) is 77.5 Å². The molecule has 176 valence electrons. The molecule has 0 radical (unpaired) electrons. The summed E-state index contributed by atoms with van der Waals surface area (Å²) in [4.78, 5) is 9.47. The third kappa shape index (κ3) is 4.05. The Morgan fingerprint density at radius 2 is 1.82 bits per heavy atom. The van der Waals surface area contributed by atoms with Crippen LogP contribution in [0.5, 0.6) is 11.5 Å². The molecule has 2 N–H and O–H groups in total. The number of halogens is 1. The monoisotopic (exact) mass is 461 g/mol. The van der Waals surface area contributed by atoms with E-state index in [4.69, 9.17) is 4.74 Å². The van der Waals surface area contributed by atoms with Crippen molar-refractivity contribution in [3.8, 4) is 34.0 Å². The lowest BCUT2D eigenvalue weighted by molar-refractivity contribution is 0.209. The van der Waals surface area contributed by atoms with Gasteiger partial charge in [-0.1, -0.05) is 0 Å². The lowest BCUT2D eigenvalue weighted by Crippen LogP contribution is -2.48. The van der Waals surface area contributed by atoms with Crippen molar-refractivity contribution in [1.82, 2.24) is 20.1 Å². The first-order valence-electron chi connectivity index (χ1n) is 11.5. The van der Waals surface area contributed by atoms with Gasteiger partial charge in [-0.05, 0) is 56.3 Å². The number of hydrogen-bond acceptors (Lipinski definition) is 6. The minimum atomic E-state index is -0.683. The molecule has 2 aromatic heterocycles. The average Bonchev–Trinajstić information content (AvgIpc) is 3.28. The van der Waals surface area contributed by atoms with Crippen molar-refractivity contribution in [2.75, 3.05) is 38.2 Å². The number of pyridine rings is 1. The number of aromatic nitrogens is 3. The summed E-state index contributed by atoms with van der Waals surface area (Å²) in [5, 5.41) is 17.8. The number of rotatable bonds is 5. The van der Waals surface area contributed by atoms with E-state index >= 15 is 0 Å². The molecule has 1 fully saturated rings. The smallest absolute Gasteiger partial charge is 0.182 e. The molecule has 0 atom stereocenters. The molecule has 0 aliphatic carbocycles. The Hall–Kier alpha value is -3.65. The Bertz CT molecular complexity index is 1330. The molecule has 0 spiro atoms. The number of aromatic amines is 1. The number of fused-ring (bicyclic) bond motifs is 1. The van der Waals surface area contributed by atoms with Crippen LogP contribution in [0.2, 0.25) is 0 Å². The molecule has 0 saturated carbocycles. The van der Waals surface area contributed by atoms with Gasteiger partial charge in [0, 0.05) is 60.5 Å². The van der Waals surface area contributed by atoms with E-state index in [0.29, 0.717) is 22.9 Å². The number of H-pyrrole nitrogens is 1. The van der Waals surface area contributed by atoms with Crippen LogP contribution in [0.3, 0.4) is 0 Å². The zero-order valence-corrected chi connectivity index (χ0v) is 19.5. The lowest BCUT2D eigenvalue weighted by atomic mass is 10.1. The summed E-state index contributed by atoms with van der Waals surface area (Å²) in [6.45, 7) is 8.54. The van der Waals surface area contributed by atoms with Crippen molar-refractivity contribution in [3.05, 3.63) is 54.3 Å². The number of aromatic hydroxyl groups is 1. The average molecular weight is 462 g/mol. The van der Waals surface area contributed by atoms with Crippen LogP contribution in [0, 0.1) is 5.82 Å². The van der Waals surface area contributed by atoms with Gasteiger partial charge < -0.3 is 14.7 Å². The number of anilines is 1. The molecule has 34 heavy (non-hydrogen) atoms. The molecule has 0 unspecified atom stereocenters. The van der Waals surface area contributed by atoms with E-state index < -0.39 is 5.82 Å². The van der Waals surface area contributed by atoms with Crippen molar-refractivity contribution in [2.45, 2.75) is 19.9 Å². The second-order valence-corrected chi connectivity index (χ2v) is 8.83. The Balaban J connectivity index is 1.44. The van der Waals surface area contributed by atoms with E-state index in [2.05, 4.69) is 57.0 Å². The van der Waals surface area contributed by atoms with Gasteiger partial charge >= 0.3 is 0 Å². The predicted molar refractivity (Wildman–Crippen MR) is 132 cm³/mol. The van der Waals surface area contributed by atoms with Crippen molar-refractivity contribution in [2.24, 2.45) is 0 Å². The fourth-order valence-electron chi connectivity index (χ4n) is 4.51. The number of piperazine rings is 1. The van der Waals surface area contributed by atoms with Gasteiger partial charge in [0.2, 0.25) is 0 Å². The molecule has 2 aromatic carbocycles. The van der Waals surface area contributed by atoms with Gasteiger partial charge in [0.15, 0.2) is 17.2 Å². The molecule has 7 nitrogen and oxygen atoms in total. The van der Waals surface area contributed by atoms with Crippen LogP contribution in [0.4, 0.5) is 10.1 Å². The van der Waals surface area contributed by atoms with Crippen LogP contribution in [0.15, 0.2) is 48.5 Å². The fourth-order valence-corrected chi connectivity index (χ4v) is 4.51. The summed E-state index contributed by atoms with van der Waals surface area (Å²) in [6, 6.07) is 14.8. The van der Waals surface area contributed by atoms with Crippen molar-refractivity contribution < 1.29 is 14.2 Å². The first-order chi connectivity index (χ1) is 16.4. The highest BCUT2D eigenvalue weighted by molar-refractivity contribution is 5.94. The molecule has 1 aliphatic rings. The number of nitrogens with one attached hydrogen (secondary N) is 1. The Morgan fingerprint density at radius 1 is 1.03 bits per heavy atom. The number of phenols is 1. The van der Waals surface area contributed by atoms with Crippen LogP contribution < -0.4 is 9.64 Å². The molecule has 3 heterocycles. The fraction of sp³-hybridized carbons (Fsp3) is 0.308. The third-order valence-electron chi connectivity index (χ3n) is 6.53. The summed E-state index contributed by atoms with van der Waals surface area (Å²) in [6.07, 6.45) is 0. The van der Waals surface area contributed by atoms with E-state index in [9.17, 15) is 9.50 Å². The van der Waals surface area contributed by atoms with Crippen LogP contribution in [-0.4, -0.2) is 64.5 Å². The second-order valence-electron chi connectivity index (χ2n) is 8.83. The predicted octanol–water partition coefficient (Wildman–Crippen LogP) is 4.68. The van der Waals surface area contributed by atoms with E-state index in [1.165, 1.54) is 12.1 Å². The molecular weight excluding hydrogens is 433 g/mol. The first kappa shape index (κ1) is 22.2. The maximum atomic E-state index is 13.8. The molecule has 8 heteroatoms. The van der Waals surface area contributed by atoms with Crippen LogP contribution in [0.1, 0.15) is 13.8 Å². The lowest BCUT2D eigenvalue weighted by Gasteiger charge is -2.38. The molecule has 1 aliphatic heterocycles. The Labute approximate surface area is 197 Å². The van der Waals surface area contributed by atoms with Gasteiger partial charge in [-0.3, -0.25) is 10.00 Å². The van der Waals surface area contributed by atoms with Crippen LogP contribution in [-0.2, 0) is 0 Å². The molecule has 4 aromatic rings. The van der Waals surface area contributed by atoms with Gasteiger partial charge in [-0.2, -0.15) is 5.10 Å². The summed E-state index contributed by atoms with van der Waals surface area (Å²) < 4.78 is 19.5. The highest BCUT2D eigenvalue weighted by Crippen LogP contribution is 2.37. The molecular formula is C26H28FN5O2. The van der Waals surface area contributed by atoms with E-state index in [1.807, 2.05) is 12.1 Å². The second kappa shape index (κ2) is 8.95. The SMILES string of the molecule is COc1cc(N2CCN(C(C)C)CC2)ccc1-c1[nH]nc2nc(-c3ccc(O)c(F)c3)ccc12. The maximum absolute atomic E-state index is 13.8. The van der Waals surface area contributed by atoms with E-state index in [1.54, 1.807) is 13.2 Å². The number of phenolic OH excluding ortho intramolecular Hbond substituents is 1. The normalized spacial score (nSPS) is 14.8. The number of benzene rings is 2. The zero-order valence-electron chi connectivity index (χ0n) is 19.5. The third-order valence-corrected chi connectivity index (χ3v) is 6.53. The minimum Gasteiger partial charge on any atom is -0.505 e. The summed E-state index contributed by atoms with van der Waals surface area (Å²) in [5.74, 6) is -0.305. The number of ether oxygens (including phenoxy) is 1. The van der Waals surface area contributed by atoms with Gasteiger partial charge in [-0.15, -0.1) is 0 Å².